The number of sulfonamides is 1. The molecule has 2 aromatic carbocycles. The van der Waals surface area contributed by atoms with Gasteiger partial charge in [0.15, 0.2) is 17.5 Å². The number of aliphatic imine (C=N–C) groups is 1. The number of carbonyl (C=O) groups is 2. The number of carboxylic acid groups (broad SMARTS) is 1. The van der Waals surface area contributed by atoms with Gasteiger partial charge in [0, 0.05) is 19.2 Å². The Morgan fingerprint density at radius 2 is 1.81 bits per heavy atom. The number of nitrogens with zero attached hydrogens (tertiary/aromatic N) is 2. The number of fused-ring (bicyclic) bond motifs is 1. The Morgan fingerprint density at radius 3 is 2.43 bits per heavy atom. The summed E-state index contributed by atoms with van der Waals surface area (Å²) in [5, 5.41) is 12.1. The van der Waals surface area contributed by atoms with Gasteiger partial charge in [0.1, 0.15) is 12.1 Å². The highest BCUT2D eigenvalue weighted by Gasteiger charge is 2.40. The van der Waals surface area contributed by atoms with Crippen LogP contribution >= 0.6 is 0 Å². The highest BCUT2D eigenvalue weighted by atomic mass is 32.2. The minimum atomic E-state index is -4.20. The Hall–Kier alpha value is -3.84. The molecule has 2 atom stereocenters. The first kappa shape index (κ1) is 27.7. The molecule has 0 aliphatic carbocycles. The van der Waals surface area contributed by atoms with Crippen LogP contribution in [0.25, 0.3) is 0 Å². The second kappa shape index (κ2) is 11.9. The third-order valence-electron chi connectivity index (χ3n) is 6.03. The van der Waals surface area contributed by atoms with Gasteiger partial charge in [0.2, 0.25) is 15.9 Å². The van der Waals surface area contributed by atoms with Gasteiger partial charge in [-0.3, -0.25) is 9.79 Å². The quantitative estimate of drug-likeness (QED) is 0.181. The molecule has 6 N–H and O–H groups in total. The molecule has 12 nitrogen and oxygen atoms in total. The minimum Gasteiger partial charge on any atom is -0.493 e. The molecular formula is C24H31N5O7S. The Bertz CT molecular complexity index is 1280. The number of carboxylic acids is 1. The molecule has 1 amide bonds. The highest BCUT2D eigenvalue weighted by molar-refractivity contribution is 7.89. The van der Waals surface area contributed by atoms with Crippen LogP contribution < -0.4 is 26.3 Å². The van der Waals surface area contributed by atoms with E-state index in [9.17, 15) is 23.1 Å². The summed E-state index contributed by atoms with van der Waals surface area (Å²) < 4.78 is 39.1. The van der Waals surface area contributed by atoms with E-state index in [0.29, 0.717) is 12.2 Å². The van der Waals surface area contributed by atoms with Crippen LogP contribution in [0.3, 0.4) is 0 Å². The topological polar surface area (TPSA) is 187 Å². The SMILES string of the molecule is COc1ccc(S(=O)(=O)N2Cc3ccccc3C[C@H]2C(=O)N[C@@H](CCCN=C(N)N)C(=O)O)cc1OC. The smallest absolute Gasteiger partial charge is 0.326 e. The summed E-state index contributed by atoms with van der Waals surface area (Å²) in [6.07, 6.45) is 0.439. The van der Waals surface area contributed by atoms with Gasteiger partial charge in [-0.2, -0.15) is 4.31 Å². The van der Waals surface area contributed by atoms with Crippen molar-refractivity contribution in [3.05, 3.63) is 53.6 Å². The van der Waals surface area contributed by atoms with E-state index in [1.165, 1.54) is 32.4 Å². The molecule has 0 bridgehead atoms. The number of carbonyl (C=O) groups excluding carboxylic acids is 1. The Balaban J connectivity index is 1.93. The summed E-state index contributed by atoms with van der Waals surface area (Å²) in [5.74, 6) is -1.51. The van der Waals surface area contributed by atoms with Crippen molar-refractivity contribution >= 4 is 27.9 Å². The van der Waals surface area contributed by atoms with Crippen LogP contribution in [0.2, 0.25) is 0 Å². The monoisotopic (exact) mass is 533 g/mol. The summed E-state index contributed by atoms with van der Waals surface area (Å²) in [6, 6.07) is 8.95. The van der Waals surface area contributed by atoms with Gasteiger partial charge in [-0.15, -0.1) is 0 Å². The average Bonchev–Trinajstić information content (AvgIpc) is 2.88. The molecule has 0 saturated carbocycles. The van der Waals surface area contributed by atoms with Crippen molar-refractivity contribution in [2.45, 2.75) is 42.8 Å². The van der Waals surface area contributed by atoms with Gasteiger partial charge in [-0.1, -0.05) is 24.3 Å². The lowest BCUT2D eigenvalue weighted by molar-refractivity contribution is -0.142. The standard InChI is InChI=1S/C24H31N5O7S/c1-35-20-10-9-17(13-21(20)36-2)37(33,34)29-14-16-7-4-3-6-15(16)12-19(29)22(30)28-18(23(31)32)8-5-11-27-24(25)26/h3-4,6-7,9-10,13,18-19H,5,8,11-12,14H2,1-2H3,(H,28,30)(H,31,32)(H4,25,26,27)/t18-,19-/m0/s1. The number of ether oxygens (including phenoxy) is 2. The molecule has 200 valence electrons. The maximum Gasteiger partial charge on any atom is 0.326 e. The molecule has 0 saturated heterocycles. The number of hydrogen-bond donors (Lipinski definition) is 4. The summed E-state index contributed by atoms with van der Waals surface area (Å²) in [6.45, 7) is 0.131. The zero-order valence-electron chi connectivity index (χ0n) is 20.6. The molecule has 0 aromatic heterocycles. The molecular weight excluding hydrogens is 502 g/mol. The number of nitrogens with one attached hydrogen (secondary N) is 1. The predicted octanol–water partition coefficient (Wildman–Crippen LogP) is 0.442. The number of aliphatic carboxylic acids is 1. The Labute approximate surface area is 215 Å². The Morgan fingerprint density at radius 1 is 1.14 bits per heavy atom. The molecule has 1 aliphatic rings. The van der Waals surface area contributed by atoms with E-state index in [1.54, 1.807) is 18.2 Å². The van der Waals surface area contributed by atoms with Crippen LogP contribution in [0.15, 0.2) is 52.4 Å². The fraction of sp³-hybridized carbons (Fsp3) is 0.375. The molecule has 3 rings (SSSR count). The third-order valence-corrected chi connectivity index (χ3v) is 7.88. The predicted molar refractivity (Wildman–Crippen MR) is 136 cm³/mol. The maximum atomic E-state index is 13.8. The molecule has 1 aliphatic heterocycles. The first-order chi connectivity index (χ1) is 17.6. The van der Waals surface area contributed by atoms with Crippen molar-refractivity contribution in [1.29, 1.82) is 0 Å². The van der Waals surface area contributed by atoms with E-state index >= 15 is 0 Å². The van der Waals surface area contributed by atoms with Crippen LogP contribution in [0.5, 0.6) is 11.5 Å². The normalized spacial score (nSPS) is 16.2. The fourth-order valence-corrected chi connectivity index (χ4v) is 5.70. The molecule has 0 radical (unpaired) electrons. The molecule has 0 fully saturated rings. The van der Waals surface area contributed by atoms with Crippen molar-refractivity contribution in [1.82, 2.24) is 9.62 Å². The molecule has 13 heteroatoms. The average molecular weight is 534 g/mol. The van der Waals surface area contributed by atoms with Crippen molar-refractivity contribution < 1.29 is 32.6 Å². The fourth-order valence-electron chi connectivity index (χ4n) is 4.12. The van der Waals surface area contributed by atoms with Gasteiger partial charge in [-0.05, 0) is 42.5 Å². The molecule has 2 aromatic rings. The van der Waals surface area contributed by atoms with Crippen LogP contribution in [0.1, 0.15) is 24.0 Å². The van der Waals surface area contributed by atoms with E-state index in [2.05, 4.69) is 10.3 Å². The van der Waals surface area contributed by atoms with E-state index in [0.717, 1.165) is 15.4 Å². The third kappa shape index (κ3) is 6.49. The first-order valence-corrected chi connectivity index (χ1v) is 12.9. The van der Waals surface area contributed by atoms with Crippen molar-refractivity contribution in [2.24, 2.45) is 16.5 Å². The van der Waals surface area contributed by atoms with Crippen LogP contribution in [0, 0.1) is 0 Å². The number of amides is 1. The van der Waals surface area contributed by atoms with Crippen LogP contribution in [0.4, 0.5) is 0 Å². The molecule has 37 heavy (non-hydrogen) atoms. The summed E-state index contributed by atoms with van der Waals surface area (Å²) >= 11 is 0. The van der Waals surface area contributed by atoms with Crippen molar-refractivity contribution in [3.63, 3.8) is 0 Å². The number of guanidine groups is 1. The highest BCUT2D eigenvalue weighted by Crippen LogP contribution is 2.34. The lowest BCUT2D eigenvalue weighted by atomic mass is 9.95. The summed E-state index contributed by atoms with van der Waals surface area (Å²) in [5.41, 5.74) is 12.1. The Kier molecular flexibility index (Phi) is 8.95. The second-order valence-electron chi connectivity index (χ2n) is 8.40. The first-order valence-electron chi connectivity index (χ1n) is 11.5. The van der Waals surface area contributed by atoms with Crippen molar-refractivity contribution in [3.8, 4) is 11.5 Å². The van der Waals surface area contributed by atoms with Gasteiger partial charge < -0.3 is 31.4 Å². The van der Waals surface area contributed by atoms with E-state index in [4.69, 9.17) is 20.9 Å². The summed E-state index contributed by atoms with van der Waals surface area (Å²) in [7, 11) is -1.37. The molecule has 0 unspecified atom stereocenters. The zero-order valence-corrected chi connectivity index (χ0v) is 21.4. The van der Waals surface area contributed by atoms with Gasteiger partial charge in [0.05, 0.1) is 19.1 Å². The lowest BCUT2D eigenvalue weighted by Gasteiger charge is -2.35. The number of hydrogen-bond acceptors (Lipinski definition) is 7. The lowest BCUT2D eigenvalue weighted by Crippen LogP contribution is -2.55. The van der Waals surface area contributed by atoms with Crippen molar-refractivity contribution in [2.75, 3.05) is 20.8 Å². The van der Waals surface area contributed by atoms with Gasteiger partial charge in [-0.25, -0.2) is 13.2 Å². The minimum absolute atomic E-state index is 0.0591. The van der Waals surface area contributed by atoms with Gasteiger partial charge in [0.25, 0.3) is 0 Å². The molecule has 0 spiro atoms. The van der Waals surface area contributed by atoms with Gasteiger partial charge >= 0.3 is 5.97 Å². The van der Waals surface area contributed by atoms with Crippen LogP contribution in [-0.2, 0) is 32.6 Å². The number of benzene rings is 2. The number of methoxy groups -OCH3 is 2. The van der Waals surface area contributed by atoms with E-state index in [-0.39, 0.29) is 42.5 Å². The van der Waals surface area contributed by atoms with Crippen LogP contribution in [-0.4, -0.2) is 68.5 Å². The molecule has 1 heterocycles. The largest absolute Gasteiger partial charge is 0.493 e. The van der Waals surface area contributed by atoms with E-state index < -0.39 is 34.0 Å². The summed E-state index contributed by atoms with van der Waals surface area (Å²) in [4.78, 5) is 28.9. The number of nitrogens with two attached hydrogens (primary N) is 2. The second-order valence-corrected chi connectivity index (χ2v) is 10.3. The van der Waals surface area contributed by atoms with E-state index in [1.807, 2.05) is 6.07 Å². The zero-order chi connectivity index (χ0) is 27.2. The number of rotatable bonds is 11. The maximum absolute atomic E-state index is 13.8.